The van der Waals surface area contributed by atoms with E-state index in [1.807, 2.05) is 28.7 Å². The van der Waals surface area contributed by atoms with Gasteiger partial charge in [0.1, 0.15) is 0 Å². The molecule has 1 aliphatic carbocycles. The van der Waals surface area contributed by atoms with Crippen molar-refractivity contribution >= 4 is 123 Å². The standard InChI is InChI=1S/C63H41NS2/c1-2-40(45-30-33-60-56(36-45)52-25-14-15-27-59(52)65-60)37-57(43-18-4-3-5-19-43)64(48-31-28-41-16-6-7-20-44(41)35-48)58-38-47(34-46-21-9-10-22-49(46)58)55-39-61-62(53-26-13-12-24-51(53)55)54-32-29-42-17-8-11-23-50(42)63(54)66-61/h2-18,20-39H,1,19H2/b40-37+,57-43+. The van der Waals surface area contributed by atoms with Crippen molar-refractivity contribution in [3.63, 3.8) is 0 Å². The summed E-state index contributed by atoms with van der Waals surface area (Å²) in [7, 11) is 0. The van der Waals surface area contributed by atoms with Crippen molar-refractivity contribution in [3.8, 4) is 11.1 Å². The van der Waals surface area contributed by atoms with E-state index >= 15 is 0 Å². The predicted octanol–water partition coefficient (Wildman–Crippen LogP) is 18.9. The van der Waals surface area contributed by atoms with Crippen LogP contribution in [0.5, 0.6) is 0 Å². The van der Waals surface area contributed by atoms with Gasteiger partial charge in [-0.1, -0.05) is 176 Å². The van der Waals surface area contributed by atoms with E-state index in [0.29, 0.717) is 0 Å². The molecule has 0 fully saturated rings. The topological polar surface area (TPSA) is 3.24 Å². The number of nitrogens with zero attached hydrogens (tertiary/aromatic N) is 1. The molecule has 0 saturated heterocycles. The summed E-state index contributed by atoms with van der Waals surface area (Å²) in [6, 6.07) is 69.8. The Kier molecular flexibility index (Phi) is 9.19. The van der Waals surface area contributed by atoms with Gasteiger partial charge in [-0.2, -0.15) is 0 Å². The Labute approximate surface area is 391 Å². The van der Waals surface area contributed by atoms with Crippen molar-refractivity contribution in [1.82, 2.24) is 0 Å². The molecule has 310 valence electrons. The largest absolute Gasteiger partial charge is 0.310 e. The lowest BCUT2D eigenvalue weighted by Gasteiger charge is -2.31. The summed E-state index contributed by atoms with van der Waals surface area (Å²) in [6.07, 6.45) is 14.1. The van der Waals surface area contributed by atoms with E-state index in [4.69, 9.17) is 0 Å². The van der Waals surface area contributed by atoms with Crippen LogP contribution >= 0.6 is 22.7 Å². The normalized spacial score (nSPS) is 13.9. The second-order valence-electron chi connectivity index (χ2n) is 17.2. The first kappa shape index (κ1) is 38.6. The Morgan fingerprint density at radius 3 is 2.05 bits per heavy atom. The Hall–Kier alpha value is -7.82. The quantitative estimate of drug-likeness (QED) is 0.144. The fourth-order valence-corrected chi connectivity index (χ4v) is 12.7. The van der Waals surface area contributed by atoms with Crippen molar-refractivity contribution in [2.75, 3.05) is 4.90 Å². The Balaban J connectivity index is 1.09. The molecule has 0 saturated carbocycles. The molecule has 10 aromatic carbocycles. The average molecular weight is 876 g/mol. The van der Waals surface area contributed by atoms with Gasteiger partial charge >= 0.3 is 0 Å². The van der Waals surface area contributed by atoms with E-state index in [1.165, 1.54) is 100 Å². The highest BCUT2D eigenvalue weighted by Crippen LogP contribution is 2.48. The van der Waals surface area contributed by atoms with Gasteiger partial charge in [-0.3, -0.25) is 0 Å². The van der Waals surface area contributed by atoms with Gasteiger partial charge in [-0.05, 0) is 127 Å². The van der Waals surface area contributed by atoms with Crippen LogP contribution in [0.2, 0.25) is 0 Å². The summed E-state index contributed by atoms with van der Waals surface area (Å²) < 4.78 is 5.23. The molecule has 2 heterocycles. The molecule has 13 rings (SSSR count). The maximum atomic E-state index is 4.46. The van der Waals surface area contributed by atoms with Gasteiger partial charge in [-0.25, -0.2) is 0 Å². The van der Waals surface area contributed by atoms with E-state index in [9.17, 15) is 0 Å². The third-order valence-corrected chi connectivity index (χ3v) is 15.8. The lowest BCUT2D eigenvalue weighted by molar-refractivity contribution is 1.13. The van der Waals surface area contributed by atoms with Crippen LogP contribution < -0.4 is 4.90 Å². The van der Waals surface area contributed by atoms with E-state index in [1.54, 1.807) is 0 Å². The maximum absolute atomic E-state index is 4.46. The number of hydrogen-bond acceptors (Lipinski definition) is 3. The number of fused-ring (bicyclic) bond motifs is 12. The van der Waals surface area contributed by atoms with Crippen LogP contribution in [0.1, 0.15) is 12.0 Å². The van der Waals surface area contributed by atoms with Gasteiger partial charge < -0.3 is 4.90 Å². The SMILES string of the molecule is C=C/C(=C\C(=C1\C=CC=CC1)N(c1ccc2ccccc2c1)c1cc(-c2cc3sc4c5ccccc5ccc4c3c3ccccc23)cc2ccccc12)c1ccc2sc3ccccc3c2c1. The highest BCUT2D eigenvalue weighted by Gasteiger charge is 2.23. The number of rotatable bonds is 7. The monoisotopic (exact) mass is 875 g/mol. The summed E-state index contributed by atoms with van der Waals surface area (Å²) in [5.41, 5.74) is 9.17. The fraction of sp³-hybridized carbons (Fsp3) is 0.0159. The van der Waals surface area contributed by atoms with Gasteiger partial charge in [0.15, 0.2) is 0 Å². The van der Waals surface area contributed by atoms with Gasteiger partial charge in [-0.15, -0.1) is 22.7 Å². The molecule has 0 atom stereocenters. The van der Waals surface area contributed by atoms with E-state index < -0.39 is 0 Å². The number of hydrogen-bond donors (Lipinski definition) is 0. The molecular formula is C63H41NS2. The molecule has 3 heteroatoms. The van der Waals surface area contributed by atoms with E-state index in [0.717, 1.165) is 34.6 Å². The lowest BCUT2D eigenvalue weighted by Crippen LogP contribution is -2.18. The average Bonchev–Trinajstić information content (AvgIpc) is 3.96. The van der Waals surface area contributed by atoms with E-state index in [-0.39, 0.29) is 0 Å². The molecule has 1 nitrogen and oxygen atoms in total. The molecule has 0 spiro atoms. The minimum absolute atomic E-state index is 0.796. The smallest absolute Gasteiger partial charge is 0.0546 e. The molecule has 1 aliphatic rings. The predicted molar refractivity (Wildman–Crippen MR) is 291 cm³/mol. The zero-order valence-electron chi connectivity index (χ0n) is 36.0. The highest BCUT2D eigenvalue weighted by molar-refractivity contribution is 7.27. The van der Waals surface area contributed by atoms with Crippen molar-refractivity contribution in [1.29, 1.82) is 0 Å². The Bertz CT molecular complexity index is 4110. The van der Waals surface area contributed by atoms with Gasteiger partial charge in [0.2, 0.25) is 0 Å². The van der Waals surface area contributed by atoms with Gasteiger partial charge in [0.25, 0.3) is 0 Å². The minimum Gasteiger partial charge on any atom is -0.310 e. The summed E-state index contributed by atoms with van der Waals surface area (Å²) in [5, 5.41) is 15.1. The van der Waals surface area contributed by atoms with Crippen LogP contribution in [0.3, 0.4) is 0 Å². The van der Waals surface area contributed by atoms with Crippen LogP contribution in [0.15, 0.2) is 242 Å². The zero-order chi connectivity index (χ0) is 43.7. The number of benzene rings is 10. The summed E-state index contributed by atoms with van der Waals surface area (Å²) in [5.74, 6) is 0. The molecule has 0 bridgehead atoms. The minimum atomic E-state index is 0.796. The molecule has 0 unspecified atom stereocenters. The first-order valence-corrected chi connectivity index (χ1v) is 24.2. The summed E-state index contributed by atoms with van der Waals surface area (Å²) >= 11 is 3.76. The van der Waals surface area contributed by atoms with Gasteiger partial charge in [0.05, 0.1) is 11.4 Å². The molecule has 0 N–H and O–H groups in total. The van der Waals surface area contributed by atoms with Crippen molar-refractivity contribution in [2.24, 2.45) is 0 Å². The third-order valence-electron chi connectivity index (χ3n) is 13.4. The summed E-state index contributed by atoms with van der Waals surface area (Å²) in [4.78, 5) is 2.52. The Morgan fingerprint density at radius 2 is 1.21 bits per heavy atom. The molecule has 0 aliphatic heterocycles. The highest BCUT2D eigenvalue weighted by atomic mass is 32.1. The van der Waals surface area contributed by atoms with Crippen molar-refractivity contribution in [2.45, 2.75) is 6.42 Å². The van der Waals surface area contributed by atoms with Crippen LogP contribution in [0, 0.1) is 0 Å². The fourth-order valence-electron chi connectivity index (χ4n) is 10.3. The van der Waals surface area contributed by atoms with Gasteiger partial charge in [0, 0.05) is 51.4 Å². The molecule has 0 radical (unpaired) electrons. The number of allylic oxidation sites excluding steroid dienone is 8. The number of anilines is 2. The second-order valence-corrected chi connectivity index (χ2v) is 19.3. The van der Waals surface area contributed by atoms with Crippen molar-refractivity contribution < 1.29 is 0 Å². The van der Waals surface area contributed by atoms with E-state index in [2.05, 4.69) is 230 Å². The van der Waals surface area contributed by atoms with Crippen molar-refractivity contribution in [3.05, 3.63) is 248 Å². The lowest BCUT2D eigenvalue weighted by atomic mass is 9.92. The van der Waals surface area contributed by atoms with Crippen LogP contribution in [-0.4, -0.2) is 0 Å². The third kappa shape index (κ3) is 6.35. The molecule has 66 heavy (non-hydrogen) atoms. The maximum Gasteiger partial charge on any atom is 0.0546 e. The first-order valence-electron chi connectivity index (χ1n) is 22.6. The van der Waals surface area contributed by atoms with Crippen LogP contribution in [-0.2, 0) is 0 Å². The molecule has 12 aromatic rings. The molecular weight excluding hydrogens is 835 g/mol. The summed E-state index contributed by atoms with van der Waals surface area (Å²) in [6.45, 7) is 4.46. The number of thiophene rings is 2. The van der Waals surface area contributed by atoms with Crippen LogP contribution in [0.25, 0.3) is 100 Å². The second kappa shape index (κ2) is 15.7. The molecule has 0 amide bonds. The zero-order valence-corrected chi connectivity index (χ0v) is 37.7. The Morgan fingerprint density at radius 1 is 0.500 bits per heavy atom. The van der Waals surface area contributed by atoms with Crippen LogP contribution in [0.4, 0.5) is 11.4 Å². The first-order chi connectivity index (χ1) is 32.7. The molecule has 2 aromatic heterocycles.